The average Bonchev–Trinajstić information content (AvgIpc) is 2.93. The molecule has 0 atom stereocenters. The number of Topliss-reactive ketones (excluding diaryl/α,β-unsaturated/α-hetero) is 1. The van der Waals surface area contributed by atoms with Crippen molar-refractivity contribution in [1.29, 1.82) is 0 Å². The van der Waals surface area contributed by atoms with Gasteiger partial charge in [0.2, 0.25) is 0 Å². The summed E-state index contributed by atoms with van der Waals surface area (Å²) >= 11 is 0. The molecule has 2 aliphatic rings. The second kappa shape index (κ2) is 6.88. The summed E-state index contributed by atoms with van der Waals surface area (Å²) in [5, 5.41) is 0. The van der Waals surface area contributed by atoms with Gasteiger partial charge in [0.15, 0.2) is 19.1 Å². The molecule has 4 rings (SSSR count). The van der Waals surface area contributed by atoms with Crippen LogP contribution in [0.5, 0.6) is 0 Å². The number of anilines is 2. The number of H-pyrrole nitrogens is 1. The van der Waals surface area contributed by atoms with E-state index < -0.39 is 0 Å². The lowest BCUT2D eigenvalue weighted by atomic mass is 10.1. The number of aryl methyl sites for hydroxylation is 1. The Hall–Kier alpha value is -2.73. The molecule has 6 heteroatoms. The van der Waals surface area contributed by atoms with Crippen molar-refractivity contribution in [3.8, 4) is 0 Å². The van der Waals surface area contributed by atoms with E-state index in [0.717, 1.165) is 43.9 Å². The Morgan fingerprint density at radius 3 is 2.50 bits per heavy atom. The van der Waals surface area contributed by atoms with E-state index in [1.165, 1.54) is 10.6 Å². The molecule has 0 radical (unpaired) electrons. The number of nitrogens with one attached hydrogen (secondary N) is 2. The molecule has 0 bridgehead atoms. The van der Waals surface area contributed by atoms with E-state index in [9.17, 15) is 9.59 Å². The summed E-state index contributed by atoms with van der Waals surface area (Å²) in [5.74, 6) is -0.754. The molecule has 1 aromatic heterocycles. The average molecular weight is 352 g/mol. The third-order valence-electron chi connectivity index (χ3n) is 5.36. The first-order chi connectivity index (χ1) is 12.7. The highest BCUT2D eigenvalue weighted by Crippen LogP contribution is 2.29. The van der Waals surface area contributed by atoms with Gasteiger partial charge in [-0.2, -0.15) is 0 Å². The van der Waals surface area contributed by atoms with Crippen LogP contribution >= 0.6 is 0 Å². The number of ketones is 1. The molecule has 0 spiro atoms. The number of rotatable bonds is 4. The molecule has 0 unspecified atom stereocenters. The number of piperazine rings is 1. The fourth-order valence-electron chi connectivity index (χ4n) is 3.78. The summed E-state index contributed by atoms with van der Waals surface area (Å²) in [6, 6.07) is 9.96. The molecule has 1 saturated heterocycles. The number of amides is 1. The normalized spacial score (nSPS) is 17.7. The molecule has 26 heavy (non-hydrogen) atoms. The van der Waals surface area contributed by atoms with Gasteiger partial charge in [-0.05, 0) is 24.1 Å². The lowest BCUT2D eigenvalue weighted by Gasteiger charge is -2.34. The number of aromatic amines is 1. The molecule has 3 heterocycles. The number of aromatic nitrogens is 1. The number of hydrogen-bond donors (Lipinski definition) is 1. The third-order valence-corrected chi connectivity index (χ3v) is 5.36. The number of nitrogens with zero attached hydrogens (tertiary/aromatic N) is 2. The van der Waals surface area contributed by atoms with Gasteiger partial charge >= 0.3 is 5.91 Å². The van der Waals surface area contributed by atoms with Crippen molar-refractivity contribution in [2.45, 2.75) is 13.3 Å². The van der Waals surface area contributed by atoms with Gasteiger partial charge in [-0.3, -0.25) is 14.5 Å². The number of fused-ring (bicyclic) bond motifs is 1. The molecule has 1 aromatic carbocycles. The number of quaternary nitrogens is 1. The number of carbonyl (C=O) groups is 2. The topological polar surface area (TPSA) is 59.2 Å². The Labute approximate surface area is 153 Å². The minimum Gasteiger partial charge on any atom is -0.360 e. The van der Waals surface area contributed by atoms with Crippen molar-refractivity contribution in [1.82, 2.24) is 0 Å². The molecule has 0 saturated carbocycles. The molecule has 1 amide bonds. The van der Waals surface area contributed by atoms with Gasteiger partial charge in [0.25, 0.3) is 5.78 Å². The van der Waals surface area contributed by atoms with Gasteiger partial charge in [0, 0.05) is 17.8 Å². The minimum atomic E-state index is -0.387. The van der Waals surface area contributed by atoms with Crippen LogP contribution in [0.1, 0.15) is 22.8 Å². The molecule has 6 nitrogen and oxygen atoms in total. The van der Waals surface area contributed by atoms with Crippen molar-refractivity contribution in [2.24, 2.45) is 0 Å². The molecule has 2 aliphatic heterocycles. The number of benzene rings is 1. The summed E-state index contributed by atoms with van der Waals surface area (Å²) in [4.78, 5) is 33.2. The lowest BCUT2D eigenvalue weighted by Crippen LogP contribution is -3.16. The monoisotopic (exact) mass is 352 g/mol. The molecular weight excluding hydrogens is 328 g/mol. The van der Waals surface area contributed by atoms with Crippen LogP contribution in [0.2, 0.25) is 0 Å². The van der Waals surface area contributed by atoms with Gasteiger partial charge in [0.1, 0.15) is 0 Å². The van der Waals surface area contributed by atoms with Crippen molar-refractivity contribution in [2.75, 3.05) is 42.6 Å². The molecule has 2 N–H and O–H groups in total. The zero-order valence-corrected chi connectivity index (χ0v) is 15.0. The highest BCUT2D eigenvalue weighted by molar-refractivity contribution is 6.52. The minimum absolute atomic E-state index is 0.367. The van der Waals surface area contributed by atoms with E-state index in [4.69, 9.17) is 0 Å². The molecule has 1 fully saturated rings. The molecule has 134 valence electrons. The van der Waals surface area contributed by atoms with Crippen LogP contribution in [0.3, 0.4) is 0 Å². The Morgan fingerprint density at radius 2 is 1.81 bits per heavy atom. The summed E-state index contributed by atoms with van der Waals surface area (Å²) in [7, 11) is 0. The van der Waals surface area contributed by atoms with Gasteiger partial charge in [-0.1, -0.05) is 13.0 Å². The highest BCUT2D eigenvalue weighted by Gasteiger charge is 2.38. The summed E-state index contributed by atoms with van der Waals surface area (Å²) < 4.78 is 0. The smallest absolute Gasteiger partial charge is 0.303 e. The zero-order chi connectivity index (χ0) is 18.1. The molecular formula is C20H24N4O2+2. The first-order valence-electron chi connectivity index (χ1n) is 9.21. The fraction of sp³-hybridized carbons (Fsp3) is 0.350. The second-order valence-corrected chi connectivity index (χ2v) is 6.92. The number of hydrogen-bond acceptors (Lipinski definition) is 3. The van der Waals surface area contributed by atoms with Gasteiger partial charge < -0.3 is 9.80 Å². The zero-order valence-electron chi connectivity index (χ0n) is 15.0. The van der Waals surface area contributed by atoms with Crippen LogP contribution < -0.4 is 19.7 Å². The van der Waals surface area contributed by atoms with E-state index in [2.05, 4.69) is 28.9 Å². The van der Waals surface area contributed by atoms with E-state index in [1.54, 1.807) is 4.90 Å². The van der Waals surface area contributed by atoms with Crippen LogP contribution in [0.25, 0.3) is 0 Å². The molecule has 0 aliphatic carbocycles. The predicted octanol–water partition coefficient (Wildman–Crippen LogP) is -0.0450. The quantitative estimate of drug-likeness (QED) is 0.786. The summed E-state index contributed by atoms with van der Waals surface area (Å²) in [6.07, 6.45) is 4.73. The Bertz CT molecular complexity index is 829. The standard InChI is InChI=1S/C20H22N4O2/c1-2-15-3-4-18-17(13-15)19(25)20(26)24(18)14-22-9-11-23(12-10-22)16-5-7-21-8-6-16/h3-8,13H,2,9-12,14H2,1H3/p+2. The van der Waals surface area contributed by atoms with Crippen molar-refractivity contribution < 1.29 is 19.5 Å². The van der Waals surface area contributed by atoms with Crippen LogP contribution in [-0.4, -0.2) is 44.5 Å². The fourth-order valence-corrected chi connectivity index (χ4v) is 3.78. The first-order valence-corrected chi connectivity index (χ1v) is 9.21. The van der Waals surface area contributed by atoms with Gasteiger partial charge in [-0.25, -0.2) is 4.98 Å². The lowest BCUT2D eigenvalue weighted by molar-refractivity contribution is -0.899. The third kappa shape index (κ3) is 2.97. The Balaban J connectivity index is 1.44. The maximum atomic E-state index is 12.5. The number of pyridine rings is 1. The van der Waals surface area contributed by atoms with Gasteiger partial charge in [0.05, 0.1) is 37.4 Å². The largest absolute Gasteiger partial charge is 0.360 e. The maximum Gasteiger partial charge on any atom is 0.303 e. The SMILES string of the molecule is CCc1ccc2c(c1)C(=O)C(=O)N2C[NH+]1CCN(c2cc[nH+]cc2)CC1. The van der Waals surface area contributed by atoms with E-state index in [1.807, 2.05) is 30.6 Å². The number of carbonyl (C=O) groups excluding carboxylic acids is 2. The van der Waals surface area contributed by atoms with E-state index >= 15 is 0 Å². The van der Waals surface area contributed by atoms with Crippen molar-refractivity contribution in [3.63, 3.8) is 0 Å². The Morgan fingerprint density at radius 1 is 1.08 bits per heavy atom. The Kier molecular flexibility index (Phi) is 4.42. The van der Waals surface area contributed by atoms with E-state index in [-0.39, 0.29) is 11.7 Å². The van der Waals surface area contributed by atoms with Crippen molar-refractivity contribution in [3.05, 3.63) is 53.9 Å². The van der Waals surface area contributed by atoms with Crippen LogP contribution in [0.4, 0.5) is 11.4 Å². The van der Waals surface area contributed by atoms with E-state index in [0.29, 0.717) is 12.2 Å². The van der Waals surface area contributed by atoms with Crippen LogP contribution in [-0.2, 0) is 11.2 Å². The second-order valence-electron chi connectivity index (χ2n) is 6.92. The van der Waals surface area contributed by atoms with Crippen LogP contribution in [0.15, 0.2) is 42.7 Å². The maximum absolute atomic E-state index is 12.5. The van der Waals surface area contributed by atoms with Crippen molar-refractivity contribution >= 4 is 23.1 Å². The first kappa shape index (κ1) is 16.7. The summed E-state index contributed by atoms with van der Waals surface area (Å²) in [5.41, 5.74) is 3.64. The highest BCUT2D eigenvalue weighted by atomic mass is 16.2. The predicted molar refractivity (Wildman–Crippen MR) is 98.4 cm³/mol. The summed E-state index contributed by atoms with van der Waals surface area (Å²) in [6.45, 7) is 6.38. The van der Waals surface area contributed by atoms with Gasteiger partial charge in [-0.15, -0.1) is 0 Å². The molecule has 2 aromatic rings. The van der Waals surface area contributed by atoms with Crippen LogP contribution in [0, 0.1) is 0 Å².